The van der Waals surface area contributed by atoms with E-state index in [1.54, 1.807) is 0 Å². The van der Waals surface area contributed by atoms with E-state index in [4.69, 9.17) is 0 Å². The minimum atomic E-state index is -0.478. The number of nitrogens with zero attached hydrogens (tertiary/aromatic N) is 1. The predicted octanol–water partition coefficient (Wildman–Crippen LogP) is 15.4. The first-order chi connectivity index (χ1) is 29.8. The van der Waals surface area contributed by atoms with E-state index in [0.717, 1.165) is 5.69 Å². The van der Waals surface area contributed by atoms with E-state index in [0.29, 0.717) is 0 Å². The molecule has 1 aromatic heterocycles. The molecule has 0 unspecified atom stereocenters. The summed E-state index contributed by atoms with van der Waals surface area (Å²) in [5, 5.41) is 10.3. The van der Waals surface area contributed by atoms with Gasteiger partial charge < -0.3 is 4.57 Å². The number of hydrogen-bond donors (Lipinski definition) is 0. The zero-order valence-electron chi connectivity index (χ0n) is 32.8. The zero-order valence-corrected chi connectivity index (χ0v) is 32.8. The molecule has 1 aliphatic carbocycles. The third-order valence-electron chi connectivity index (χ3n) is 13.4. The Balaban J connectivity index is 1.08. The van der Waals surface area contributed by atoms with Gasteiger partial charge in [-0.25, -0.2) is 0 Å². The van der Waals surface area contributed by atoms with Gasteiger partial charge in [0, 0.05) is 22.0 Å². The molecule has 0 aliphatic heterocycles. The van der Waals surface area contributed by atoms with Crippen molar-refractivity contribution in [2.75, 3.05) is 0 Å². The maximum absolute atomic E-state index is 2.54. The average Bonchev–Trinajstić information content (AvgIpc) is 3.82. The highest BCUT2D eigenvalue weighted by atomic mass is 15.0. The van der Waals surface area contributed by atoms with Crippen molar-refractivity contribution >= 4 is 54.1 Å². The van der Waals surface area contributed by atoms with Crippen LogP contribution < -0.4 is 0 Å². The quantitative estimate of drug-likeness (QED) is 0.154. The van der Waals surface area contributed by atoms with E-state index in [1.807, 2.05) is 0 Å². The number of aromatic nitrogens is 1. The summed E-state index contributed by atoms with van der Waals surface area (Å²) in [5.41, 5.74) is 15.9. The van der Waals surface area contributed by atoms with Crippen LogP contribution >= 0.6 is 0 Å². The van der Waals surface area contributed by atoms with Crippen LogP contribution in [0.2, 0.25) is 0 Å². The minimum Gasteiger partial charge on any atom is -0.309 e. The summed E-state index contributed by atoms with van der Waals surface area (Å²) >= 11 is 0. The van der Waals surface area contributed by atoms with Gasteiger partial charge in [0.05, 0.1) is 16.4 Å². The molecule has 278 valence electrons. The fourth-order valence-electron chi connectivity index (χ4n) is 11.0. The van der Waals surface area contributed by atoms with Crippen molar-refractivity contribution in [3.63, 3.8) is 0 Å². The van der Waals surface area contributed by atoms with Crippen molar-refractivity contribution < 1.29 is 0 Å². The molecule has 0 fully saturated rings. The van der Waals surface area contributed by atoms with Crippen LogP contribution in [0.15, 0.2) is 224 Å². The van der Waals surface area contributed by atoms with Gasteiger partial charge in [0.25, 0.3) is 0 Å². The topological polar surface area (TPSA) is 4.93 Å². The predicted molar refractivity (Wildman–Crippen MR) is 253 cm³/mol. The smallest absolute Gasteiger partial charge is 0.0714 e. The van der Waals surface area contributed by atoms with E-state index < -0.39 is 5.41 Å². The standard InChI is InChI=1S/C59H37N/c1-4-15-38(16-5-1)45-31-27-39-30-34-49-46(32-28-40-29-33-48(45)55(39)56(40)49)41-17-14-22-44(37-41)60-54-26-13-11-23-47(54)50-35-36-53-57(58(50)60)51-24-10-12-25-52(51)59(53,42-18-6-2-7-19-42)43-20-8-3-9-21-43/h1-37H. The van der Waals surface area contributed by atoms with E-state index >= 15 is 0 Å². The summed E-state index contributed by atoms with van der Waals surface area (Å²) in [4.78, 5) is 0. The van der Waals surface area contributed by atoms with E-state index in [2.05, 4.69) is 229 Å². The summed E-state index contributed by atoms with van der Waals surface area (Å²) in [6, 6.07) is 83.6. The van der Waals surface area contributed by atoms with Crippen LogP contribution in [0, 0.1) is 0 Å². The van der Waals surface area contributed by atoms with Gasteiger partial charge in [-0.2, -0.15) is 0 Å². The second-order valence-corrected chi connectivity index (χ2v) is 16.3. The van der Waals surface area contributed by atoms with Crippen molar-refractivity contribution in [3.8, 4) is 39.1 Å². The molecule has 0 saturated carbocycles. The van der Waals surface area contributed by atoms with Gasteiger partial charge in [0.1, 0.15) is 0 Å². The lowest BCUT2D eigenvalue weighted by Crippen LogP contribution is -2.28. The van der Waals surface area contributed by atoms with Gasteiger partial charge in [0.15, 0.2) is 0 Å². The highest BCUT2D eigenvalue weighted by Crippen LogP contribution is 2.58. The van der Waals surface area contributed by atoms with Crippen molar-refractivity contribution in [1.82, 2.24) is 4.57 Å². The zero-order chi connectivity index (χ0) is 39.4. The van der Waals surface area contributed by atoms with Gasteiger partial charge in [-0.15, -0.1) is 0 Å². The number of fused-ring (bicyclic) bond motifs is 7. The molecule has 1 nitrogen and oxygen atoms in total. The Labute approximate surface area is 348 Å². The number of para-hydroxylation sites is 1. The van der Waals surface area contributed by atoms with Gasteiger partial charge in [-0.3, -0.25) is 0 Å². The summed E-state index contributed by atoms with van der Waals surface area (Å²) in [6.07, 6.45) is 0. The van der Waals surface area contributed by atoms with Crippen LogP contribution in [-0.2, 0) is 5.41 Å². The molecule has 1 heterocycles. The van der Waals surface area contributed by atoms with Crippen molar-refractivity contribution in [3.05, 3.63) is 247 Å². The Morgan fingerprint density at radius 2 is 0.883 bits per heavy atom. The van der Waals surface area contributed by atoms with Gasteiger partial charge in [0.2, 0.25) is 0 Å². The molecule has 0 amide bonds. The van der Waals surface area contributed by atoms with Crippen LogP contribution in [0.1, 0.15) is 22.3 Å². The van der Waals surface area contributed by atoms with Gasteiger partial charge >= 0.3 is 0 Å². The highest BCUT2D eigenvalue weighted by molar-refractivity contribution is 6.27. The molecule has 60 heavy (non-hydrogen) atoms. The summed E-state index contributed by atoms with van der Waals surface area (Å²) in [5.74, 6) is 0. The minimum absolute atomic E-state index is 0.478. The highest BCUT2D eigenvalue weighted by Gasteiger charge is 2.47. The van der Waals surface area contributed by atoms with Crippen molar-refractivity contribution in [2.24, 2.45) is 0 Å². The van der Waals surface area contributed by atoms with Crippen LogP contribution in [0.5, 0.6) is 0 Å². The first-order valence-corrected chi connectivity index (χ1v) is 20.9. The summed E-state index contributed by atoms with van der Waals surface area (Å²) in [6.45, 7) is 0. The normalized spacial score (nSPS) is 13.1. The first-order valence-electron chi connectivity index (χ1n) is 20.9. The largest absolute Gasteiger partial charge is 0.309 e. The van der Waals surface area contributed by atoms with Gasteiger partial charge in [-0.05, 0) is 101 Å². The monoisotopic (exact) mass is 759 g/mol. The Morgan fingerprint density at radius 1 is 0.333 bits per heavy atom. The fraction of sp³-hybridized carbons (Fsp3) is 0.0169. The number of benzene rings is 11. The lowest BCUT2D eigenvalue weighted by molar-refractivity contribution is 0.769. The summed E-state index contributed by atoms with van der Waals surface area (Å²) in [7, 11) is 0. The average molecular weight is 760 g/mol. The molecule has 1 aliphatic rings. The lowest BCUT2D eigenvalue weighted by atomic mass is 9.67. The van der Waals surface area contributed by atoms with Crippen molar-refractivity contribution in [2.45, 2.75) is 5.41 Å². The Bertz CT molecular complexity index is 3590. The molecule has 0 bridgehead atoms. The molecule has 0 spiro atoms. The molecule has 11 aromatic carbocycles. The number of hydrogen-bond acceptors (Lipinski definition) is 0. The molecule has 0 radical (unpaired) electrons. The molecule has 0 atom stereocenters. The molecule has 0 N–H and O–H groups in total. The third kappa shape index (κ3) is 4.47. The maximum atomic E-state index is 2.54. The number of rotatable bonds is 5. The SMILES string of the molecule is c1ccc(-c2ccc3ccc4c(-c5cccc(-n6c7ccccc7c7ccc8c(c76)-c6ccccc6C8(c6ccccc6)c6ccccc6)c5)ccc5ccc2c3c54)cc1. The Hall–Kier alpha value is -7.74. The van der Waals surface area contributed by atoms with E-state index in [-0.39, 0.29) is 0 Å². The summed E-state index contributed by atoms with van der Waals surface area (Å²) < 4.78 is 2.54. The second-order valence-electron chi connectivity index (χ2n) is 16.3. The van der Waals surface area contributed by atoms with Crippen molar-refractivity contribution in [1.29, 1.82) is 0 Å². The molecule has 13 rings (SSSR count). The Morgan fingerprint density at radius 3 is 1.58 bits per heavy atom. The molecular weight excluding hydrogens is 723 g/mol. The maximum Gasteiger partial charge on any atom is 0.0714 e. The third-order valence-corrected chi connectivity index (χ3v) is 13.4. The molecule has 12 aromatic rings. The molecule has 0 saturated heterocycles. The second kappa shape index (κ2) is 12.6. The Kier molecular flexibility index (Phi) is 7.00. The van der Waals surface area contributed by atoms with E-state index in [1.165, 1.54) is 110 Å². The van der Waals surface area contributed by atoms with Crippen LogP contribution in [-0.4, -0.2) is 4.57 Å². The van der Waals surface area contributed by atoms with Crippen LogP contribution in [0.3, 0.4) is 0 Å². The molecular formula is C59H37N. The van der Waals surface area contributed by atoms with Gasteiger partial charge in [-0.1, -0.05) is 206 Å². The van der Waals surface area contributed by atoms with Crippen LogP contribution in [0.4, 0.5) is 0 Å². The lowest BCUT2D eigenvalue weighted by Gasteiger charge is -2.33. The fourth-order valence-corrected chi connectivity index (χ4v) is 11.0. The van der Waals surface area contributed by atoms with Crippen LogP contribution in [0.25, 0.3) is 93.2 Å². The molecule has 1 heteroatoms. The first kappa shape index (κ1) is 33.3. The van der Waals surface area contributed by atoms with E-state index in [9.17, 15) is 0 Å².